The van der Waals surface area contributed by atoms with Crippen LogP contribution in [0.1, 0.15) is 29.4 Å². The van der Waals surface area contributed by atoms with Gasteiger partial charge in [-0.3, -0.25) is 0 Å². The second-order valence-electron chi connectivity index (χ2n) is 5.23. The Labute approximate surface area is 122 Å². The summed E-state index contributed by atoms with van der Waals surface area (Å²) in [7, 11) is 0. The average molecular weight is 324 g/mol. The molecule has 1 unspecified atom stereocenters. The number of hydrogen-bond donors (Lipinski definition) is 1. The fraction of sp³-hybridized carbons (Fsp3) is 0.538. The number of pyridine rings is 1. The zero-order chi connectivity index (χ0) is 16.7. The molecule has 1 saturated heterocycles. The maximum atomic E-state index is 13.5. The molecule has 22 heavy (non-hydrogen) atoms. The molecule has 1 aliphatic heterocycles. The first kappa shape index (κ1) is 16.4. The van der Waals surface area contributed by atoms with Crippen molar-refractivity contribution >= 4 is 11.8 Å². The van der Waals surface area contributed by atoms with Crippen molar-refractivity contribution in [1.29, 1.82) is 0 Å². The highest BCUT2D eigenvalue weighted by atomic mass is 19.4. The molecule has 0 radical (unpaired) electrons. The van der Waals surface area contributed by atoms with Crippen molar-refractivity contribution in [3.63, 3.8) is 0 Å². The lowest BCUT2D eigenvalue weighted by molar-refractivity contribution is -0.141. The molecular formula is C13H13F5N2O2. The Morgan fingerprint density at radius 3 is 2.55 bits per heavy atom. The van der Waals surface area contributed by atoms with E-state index >= 15 is 0 Å². The molecule has 9 heteroatoms. The second-order valence-corrected chi connectivity index (χ2v) is 5.23. The molecule has 0 aliphatic carbocycles. The third-order valence-corrected chi connectivity index (χ3v) is 3.63. The topological polar surface area (TPSA) is 53.4 Å². The number of anilines is 1. The molecule has 122 valence electrons. The van der Waals surface area contributed by atoms with Gasteiger partial charge >= 0.3 is 12.1 Å². The van der Waals surface area contributed by atoms with Crippen molar-refractivity contribution in [3.05, 3.63) is 23.4 Å². The van der Waals surface area contributed by atoms with Crippen LogP contribution in [0.2, 0.25) is 0 Å². The van der Waals surface area contributed by atoms with Gasteiger partial charge in [0.25, 0.3) is 5.92 Å². The Hall–Kier alpha value is -1.93. The maximum Gasteiger partial charge on any atom is 0.433 e. The highest BCUT2D eigenvalue weighted by Crippen LogP contribution is 2.36. The molecule has 1 aromatic rings. The third kappa shape index (κ3) is 3.12. The van der Waals surface area contributed by atoms with Gasteiger partial charge in [-0.1, -0.05) is 6.92 Å². The van der Waals surface area contributed by atoms with E-state index < -0.39 is 47.5 Å². The lowest BCUT2D eigenvalue weighted by Gasteiger charge is -2.37. The van der Waals surface area contributed by atoms with E-state index in [-0.39, 0.29) is 13.1 Å². The van der Waals surface area contributed by atoms with E-state index in [1.165, 1.54) is 11.8 Å². The van der Waals surface area contributed by atoms with E-state index in [9.17, 15) is 26.7 Å². The van der Waals surface area contributed by atoms with Gasteiger partial charge in [-0.25, -0.2) is 18.6 Å². The molecule has 0 saturated carbocycles. The van der Waals surface area contributed by atoms with Crippen LogP contribution in [0.5, 0.6) is 0 Å². The van der Waals surface area contributed by atoms with Gasteiger partial charge in [0.1, 0.15) is 17.1 Å². The lowest BCUT2D eigenvalue weighted by atomic mass is 9.95. The highest BCUT2D eigenvalue weighted by Gasteiger charge is 2.42. The van der Waals surface area contributed by atoms with Gasteiger partial charge in [0.2, 0.25) is 0 Å². The van der Waals surface area contributed by atoms with Crippen LogP contribution in [0, 0.1) is 5.92 Å². The summed E-state index contributed by atoms with van der Waals surface area (Å²) in [6.45, 7) is 0.744. The summed E-state index contributed by atoms with van der Waals surface area (Å²) in [4.78, 5) is 15.7. The van der Waals surface area contributed by atoms with Crippen molar-refractivity contribution in [1.82, 2.24) is 4.98 Å². The fourth-order valence-corrected chi connectivity index (χ4v) is 2.29. The van der Waals surface area contributed by atoms with Crippen LogP contribution in [0.4, 0.5) is 27.8 Å². The number of hydrogen-bond acceptors (Lipinski definition) is 3. The van der Waals surface area contributed by atoms with E-state index in [1.54, 1.807) is 0 Å². The largest absolute Gasteiger partial charge is 0.478 e. The van der Waals surface area contributed by atoms with Gasteiger partial charge in [-0.2, -0.15) is 13.2 Å². The van der Waals surface area contributed by atoms with Crippen LogP contribution in [-0.2, 0) is 6.18 Å². The number of carbonyl (C=O) groups is 1. The standard InChI is InChI=1S/C13H13F5N2O2/c1-7-6-20(5-4-12(7,14)15)10-8(11(21)22)2-3-9(19-10)13(16,17)18/h2-3,7H,4-6H2,1H3,(H,21,22). The number of alkyl halides is 5. The number of nitrogens with zero attached hydrogens (tertiary/aromatic N) is 2. The smallest absolute Gasteiger partial charge is 0.433 e. The van der Waals surface area contributed by atoms with Gasteiger partial charge in [0, 0.05) is 25.4 Å². The molecule has 0 aromatic carbocycles. The quantitative estimate of drug-likeness (QED) is 0.848. The fourth-order valence-electron chi connectivity index (χ4n) is 2.29. The van der Waals surface area contributed by atoms with Crippen molar-refractivity contribution in [2.45, 2.75) is 25.4 Å². The van der Waals surface area contributed by atoms with Gasteiger partial charge in [0.15, 0.2) is 0 Å². The van der Waals surface area contributed by atoms with Crippen molar-refractivity contribution in [3.8, 4) is 0 Å². The Bertz CT molecular complexity index is 588. The van der Waals surface area contributed by atoms with Crippen LogP contribution >= 0.6 is 0 Å². The Morgan fingerprint density at radius 1 is 1.41 bits per heavy atom. The molecule has 2 rings (SSSR count). The summed E-state index contributed by atoms with van der Waals surface area (Å²) in [6, 6.07) is 1.36. The van der Waals surface area contributed by atoms with E-state index in [2.05, 4.69) is 4.98 Å². The second kappa shape index (κ2) is 5.36. The van der Waals surface area contributed by atoms with E-state index in [0.717, 1.165) is 6.07 Å². The van der Waals surface area contributed by atoms with Crippen LogP contribution in [0.15, 0.2) is 12.1 Å². The molecule has 0 bridgehead atoms. The molecule has 1 N–H and O–H groups in total. The summed E-state index contributed by atoms with van der Waals surface area (Å²) in [5.74, 6) is -5.92. The normalized spacial score (nSPS) is 21.7. The predicted octanol–water partition coefficient (Wildman–Crippen LogP) is 3.28. The van der Waals surface area contributed by atoms with Crippen LogP contribution < -0.4 is 4.90 Å². The molecular weight excluding hydrogens is 311 g/mol. The van der Waals surface area contributed by atoms with Crippen LogP contribution in [0.25, 0.3) is 0 Å². The summed E-state index contributed by atoms with van der Waals surface area (Å²) >= 11 is 0. The number of halogens is 5. The number of aromatic carboxylic acids is 1. The number of aromatic nitrogens is 1. The van der Waals surface area contributed by atoms with E-state index in [0.29, 0.717) is 6.07 Å². The minimum absolute atomic E-state index is 0.258. The first-order valence-corrected chi connectivity index (χ1v) is 6.46. The summed E-state index contributed by atoms with van der Waals surface area (Å²) in [6.07, 6.45) is -5.30. The van der Waals surface area contributed by atoms with E-state index in [1.807, 2.05) is 0 Å². The Morgan fingerprint density at radius 2 is 2.05 bits per heavy atom. The summed E-state index contributed by atoms with van der Waals surface area (Å²) in [5, 5.41) is 9.06. The molecule has 1 aliphatic rings. The lowest BCUT2D eigenvalue weighted by Crippen LogP contribution is -2.46. The molecule has 1 fully saturated rings. The average Bonchev–Trinajstić information content (AvgIpc) is 2.40. The SMILES string of the molecule is CC1CN(c2nc(C(F)(F)F)ccc2C(=O)O)CCC1(F)F. The molecule has 2 heterocycles. The molecule has 0 spiro atoms. The van der Waals surface area contributed by atoms with E-state index in [4.69, 9.17) is 5.11 Å². The third-order valence-electron chi connectivity index (χ3n) is 3.63. The number of carboxylic acid groups (broad SMARTS) is 1. The van der Waals surface area contributed by atoms with Crippen molar-refractivity contribution in [2.24, 2.45) is 5.92 Å². The number of rotatable bonds is 2. The Kier molecular flexibility index (Phi) is 4.01. The zero-order valence-electron chi connectivity index (χ0n) is 11.5. The number of carboxylic acids is 1. The molecule has 1 aromatic heterocycles. The van der Waals surface area contributed by atoms with Gasteiger partial charge in [0.05, 0.1) is 0 Å². The Balaban J connectivity index is 2.42. The predicted molar refractivity (Wildman–Crippen MR) is 67.1 cm³/mol. The molecule has 1 atom stereocenters. The van der Waals surface area contributed by atoms with Gasteiger partial charge in [-0.15, -0.1) is 0 Å². The minimum Gasteiger partial charge on any atom is -0.478 e. The minimum atomic E-state index is -4.74. The monoisotopic (exact) mass is 324 g/mol. The van der Waals surface area contributed by atoms with Crippen LogP contribution in [0.3, 0.4) is 0 Å². The highest BCUT2D eigenvalue weighted by molar-refractivity contribution is 5.93. The van der Waals surface area contributed by atoms with Gasteiger partial charge in [-0.05, 0) is 12.1 Å². The summed E-state index contributed by atoms with van der Waals surface area (Å²) < 4.78 is 65.1. The van der Waals surface area contributed by atoms with Gasteiger partial charge < -0.3 is 10.0 Å². The molecule has 0 amide bonds. The first-order valence-electron chi connectivity index (χ1n) is 6.46. The zero-order valence-corrected chi connectivity index (χ0v) is 11.5. The molecule has 4 nitrogen and oxygen atoms in total. The summed E-state index contributed by atoms with van der Waals surface area (Å²) in [5.41, 5.74) is -1.69. The maximum absolute atomic E-state index is 13.5. The first-order chi connectivity index (χ1) is 10.0. The van der Waals surface area contributed by atoms with Crippen LogP contribution in [-0.4, -0.2) is 35.1 Å². The number of piperidine rings is 1. The van der Waals surface area contributed by atoms with Crippen molar-refractivity contribution < 1.29 is 31.9 Å². The van der Waals surface area contributed by atoms with Crippen molar-refractivity contribution in [2.75, 3.05) is 18.0 Å².